The van der Waals surface area contributed by atoms with E-state index in [0.29, 0.717) is 0 Å². The molecule has 0 aromatic rings. The molecule has 0 radical (unpaired) electrons. The third kappa shape index (κ3) is 5.07. The second-order valence-corrected chi connectivity index (χ2v) is 8.34. The largest absolute Gasteiger partial charge is 0.473 e. The lowest BCUT2D eigenvalue weighted by molar-refractivity contribution is -0.159. The first-order valence-electron chi connectivity index (χ1n) is 10.1. The number of carboxylic acids is 2. The molecule has 3 aliphatic carbocycles. The van der Waals surface area contributed by atoms with Crippen LogP contribution in [0.1, 0.15) is 44.9 Å². The van der Waals surface area contributed by atoms with E-state index in [0.717, 1.165) is 23.8 Å². The molecule has 0 spiro atoms. The van der Waals surface area contributed by atoms with E-state index < -0.39 is 11.9 Å². The molecular formula is C20H32N2O4. The molecule has 4 aliphatic rings. The average molecular weight is 364 g/mol. The van der Waals surface area contributed by atoms with Crippen molar-refractivity contribution in [3.8, 4) is 0 Å². The summed E-state index contributed by atoms with van der Waals surface area (Å²) in [5.41, 5.74) is 0. The Morgan fingerprint density at radius 2 is 1.65 bits per heavy atom. The fourth-order valence-electron chi connectivity index (χ4n) is 5.32. The van der Waals surface area contributed by atoms with Crippen LogP contribution in [0.2, 0.25) is 0 Å². The molecule has 1 saturated heterocycles. The minimum Gasteiger partial charge on any atom is -0.473 e. The zero-order chi connectivity index (χ0) is 18.5. The van der Waals surface area contributed by atoms with Crippen molar-refractivity contribution in [2.24, 2.45) is 17.8 Å². The molecule has 4 unspecified atom stereocenters. The number of carbonyl (C=O) groups is 2. The number of nitrogens with zero attached hydrogens (tertiary/aromatic N) is 2. The van der Waals surface area contributed by atoms with Gasteiger partial charge in [0.1, 0.15) is 0 Å². The monoisotopic (exact) mass is 364 g/mol. The summed E-state index contributed by atoms with van der Waals surface area (Å²) in [6.07, 6.45) is 15.0. The number of allylic oxidation sites excluding steroid dienone is 2. The van der Waals surface area contributed by atoms with Crippen LogP contribution < -0.4 is 0 Å². The molecule has 4 rings (SSSR count). The number of hydrogen-bond donors (Lipinski definition) is 2. The molecule has 2 bridgehead atoms. The van der Waals surface area contributed by atoms with Gasteiger partial charge in [-0.3, -0.25) is 4.90 Å². The molecule has 4 atom stereocenters. The minimum absolute atomic E-state index is 0.939. The number of piperazine rings is 1. The van der Waals surface area contributed by atoms with Crippen molar-refractivity contribution < 1.29 is 19.8 Å². The molecule has 2 saturated carbocycles. The number of hydrogen-bond acceptors (Lipinski definition) is 4. The highest BCUT2D eigenvalue weighted by atomic mass is 16.4. The number of carboxylic acid groups (broad SMARTS) is 2. The maximum atomic E-state index is 9.10. The van der Waals surface area contributed by atoms with E-state index >= 15 is 0 Å². The molecule has 2 N–H and O–H groups in total. The van der Waals surface area contributed by atoms with Gasteiger partial charge in [0.2, 0.25) is 0 Å². The maximum absolute atomic E-state index is 9.10. The van der Waals surface area contributed by atoms with E-state index in [1.165, 1.54) is 71.2 Å². The maximum Gasteiger partial charge on any atom is 0.414 e. The van der Waals surface area contributed by atoms with Crippen LogP contribution in [0.25, 0.3) is 0 Å². The summed E-state index contributed by atoms with van der Waals surface area (Å²) in [6.45, 7) is 6.70. The predicted octanol–water partition coefficient (Wildman–Crippen LogP) is 2.30. The third-order valence-corrected chi connectivity index (χ3v) is 6.65. The van der Waals surface area contributed by atoms with Crippen LogP contribution in [0.3, 0.4) is 0 Å². The zero-order valence-electron chi connectivity index (χ0n) is 15.6. The Balaban J connectivity index is 0.000000286. The van der Waals surface area contributed by atoms with Crippen molar-refractivity contribution in [1.29, 1.82) is 0 Å². The van der Waals surface area contributed by atoms with E-state index in [9.17, 15) is 0 Å². The first-order valence-corrected chi connectivity index (χ1v) is 10.1. The van der Waals surface area contributed by atoms with Gasteiger partial charge in [0.15, 0.2) is 0 Å². The SMILES string of the molecule is C1=CCC(CN2CCN(C3CC4CCC3C4)CC2)CC1.O=C(O)C(=O)O. The molecule has 26 heavy (non-hydrogen) atoms. The van der Waals surface area contributed by atoms with Gasteiger partial charge in [-0.05, 0) is 56.3 Å². The van der Waals surface area contributed by atoms with Crippen molar-refractivity contribution in [1.82, 2.24) is 9.80 Å². The Labute approximate surface area is 155 Å². The van der Waals surface area contributed by atoms with Gasteiger partial charge >= 0.3 is 11.9 Å². The highest BCUT2D eigenvalue weighted by molar-refractivity contribution is 6.27. The van der Waals surface area contributed by atoms with E-state index in [2.05, 4.69) is 22.0 Å². The van der Waals surface area contributed by atoms with E-state index in [1.54, 1.807) is 6.42 Å². The van der Waals surface area contributed by atoms with Crippen molar-refractivity contribution in [3.63, 3.8) is 0 Å². The predicted molar refractivity (Wildman–Crippen MR) is 99.0 cm³/mol. The van der Waals surface area contributed by atoms with Gasteiger partial charge in [-0.1, -0.05) is 18.6 Å². The molecule has 6 nitrogen and oxygen atoms in total. The normalized spacial score (nSPS) is 34.3. The van der Waals surface area contributed by atoms with Crippen LogP contribution in [0.5, 0.6) is 0 Å². The van der Waals surface area contributed by atoms with E-state index in [-0.39, 0.29) is 0 Å². The van der Waals surface area contributed by atoms with Crippen LogP contribution in [-0.2, 0) is 9.59 Å². The number of aliphatic carboxylic acids is 2. The van der Waals surface area contributed by atoms with Crippen LogP contribution in [-0.4, -0.2) is 70.7 Å². The minimum atomic E-state index is -1.82. The molecule has 0 aromatic carbocycles. The molecule has 6 heteroatoms. The summed E-state index contributed by atoms with van der Waals surface area (Å²) < 4.78 is 0. The fourth-order valence-corrected chi connectivity index (χ4v) is 5.32. The van der Waals surface area contributed by atoms with Crippen molar-refractivity contribution in [2.75, 3.05) is 32.7 Å². The molecule has 0 amide bonds. The van der Waals surface area contributed by atoms with Gasteiger partial charge in [-0.15, -0.1) is 0 Å². The van der Waals surface area contributed by atoms with Gasteiger partial charge < -0.3 is 15.1 Å². The third-order valence-electron chi connectivity index (χ3n) is 6.65. The lowest BCUT2D eigenvalue weighted by atomic mass is 9.92. The highest BCUT2D eigenvalue weighted by Gasteiger charge is 2.42. The fraction of sp³-hybridized carbons (Fsp3) is 0.800. The van der Waals surface area contributed by atoms with Crippen molar-refractivity contribution in [3.05, 3.63) is 12.2 Å². The first kappa shape index (κ1) is 19.4. The molecule has 146 valence electrons. The second-order valence-electron chi connectivity index (χ2n) is 8.34. The Bertz CT molecular complexity index is 516. The summed E-state index contributed by atoms with van der Waals surface area (Å²) in [5.74, 6) is -0.550. The smallest absolute Gasteiger partial charge is 0.414 e. The number of rotatable bonds is 3. The second kappa shape index (κ2) is 9.00. The molecule has 0 aromatic heterocycles. The number of fused-ring (bicyclic) bond motifs is 2. The van der Waals surface area contributed by atoms with Gasteiger partial charge in [-0.25, -0.2) is 9.59 Å². The Morgan fingerprint density at radius 3 is 2.15 bits per heavy atom. The standard InChI is InChI=1S/C18H30N2.C2H2O4/c1-2-4-15(5-3-1)14-19-8-10-20(11-9-19)18-13-16-6-7-17(18)12-16;3-1(4)2(5)6/h1-2,15-18H,3-14H2;(H,3,4)(H,5,6). The Hall–Kier alpha value is -1.40. The van der Waals surface area contributed by atoms with E-state index in [1.807, 2.05) is 0 Å². The van der Waals surface area contributed by atoms with Crippen LogP contribution in [0, 0.1) is 17.8 Å². The van der Waals surface area contributed by atoms with Crippen molar-refractivity contribution >= 4 is 11.9 Å². The van der Waals surface area contributed by atoms with Gasteiger partial charge in [0, 0.05) is 38.8 Å². The summed E-state index contributed by atoms with van der Waals surface area (Å²) in [7, 11) is 0. The molecule has 3 fully saturated rings. The van der Waals surface area contributed by atoms with Crippen LogP contribution in [0.4, 0.5) is 0 Å². The first-order chi connectivity index (χ1) is 12.5. The lowest BCUT2D eigenvalue weighted by Crippen LogP contribution is -2.52. The van der Waals surface area contributed by atoms with Gasteiger partial charge in [0.25, 0.3) is 0 Å². The molecular weight excluding hydrogens is 332 g/mol. The Morgan fingerprint density at radius 1 is 0.923 bits per heavy atom. The van der Waals surface area contributed by atoms with Crippen LogP contribution in [0.15, 0.2) is 12.2 Å². The summed E-state index contributed by atoms with van der Waals surface area (Å²) >= 11 is 0. The topological polar surface area (TPSA) is 81.1 Å². The highest BCUT2D eigenvalue weighted by Crippen LogP contribution is 2.46. The van der Waals surface area contributed by atoms with Crippen LogP contribution >= 0.6 is 0 Å². The summed E-state index contributed by atoms with van der Waals surface area (Å²) in [4.78, 5) is 23.8. The summed E-state index contributed by atoms with van der Waals surface area (Å²) in [6, 6.07) is 0.966. The van der Waals surface area contributed by atoms with Gasteiger partial charge in [0.05, 0.1) is 0 Å². The van der Waals surface area contributed by atoms with E-state index in [4.69, 9.17) is 19.8 Å². The summed E-state index contributed by atoms with van der Waals surface area (Å²) in [5, 5.41) is 14.8. The van der Waals surface area contributed by atoms with Gasteiger partial charge in [-0.2, -0.15) is 0 Å². The molecule has 1 aliphatic heterocycles. The Kier molecular flexibility index (Phi) is 6.70. The van der Waals surface area contributed by atoms with Crippen molar-refractivity contribution in [2.45, 2.75) is 51.0 Å². The lowest BCUT2D eigenvalue weighted by Gasteiger charge is -2.42. The quantitative estimate of drug-likeness (QED) is 0.591. The zero-order valence-corrected chi connectivity index (χ0v) is 15.6. The molecule has 1 heterocycles. The average Bonchev–Trinajstić information content (AvgIpc) is 3.27.